The second-order valence-corrected chi connectivity index (χ2v) is 10.8. The third-order valence-corrected chi connectivity index (χ3v) is 7.45. The number of allylic oxidation sites excluding steroid dienone is 1. The topological polar surface area (TPSA) is 79.7 Å². The van der Waals surface area contributed by atoms with Gasteiger partial charge in [-0.05, 0) is 56.1 Å². The molecule has 0 bridgehead atoms. The van der Waals surface area contributed by atoms with Crippen LogP contribution in [0.2, 0.25) is 0 Å². The molecule has 36 heavy (non-hydrogen) atoms. The number of methoxy groups -OCH3 is 1. The number of nitrogens with zero attached hydrogens (tertiary/aromatic N) is 4. The number of imidazole rings is 1. The molecule has 0 amide bonds. The van der Waals surface area contributed by atoms with Crippen molar-refractivity contribution in [2.24, 2.45) is 0 Å². The molecule has 0 unspecified atom stereocenters. The zero-order valence-electron chi connectivity index (χ0n) is 20.9. The van der Waals surface area contributed by atoms with Crippen molar-refractivity contribution in [3.8, 4) is 5.75 Å². The maximum absolute atomic E-state index is 13.3. The Kier molecular flexibility index (Phi) is 9.63. The Morgan fingerprint density at radius 1 is 1.14 bits per heavy atom. The van der Waals surface area contributed by atoms with Gasteiger partial charge in [0.15, 0.2) is 5.11 Å². The molecule has 1 N–H and O–H groups in total. The maximum Gasteiger partial charge on any atom is 0.228 e. The van der Waals surface area contributed by atoms with Gasteiger partial charge in [0.1, 0.15) is 5.75 Å². The van der Waals surface area contributed by atoms with Gasteiger partial charge < -0.3 is 24.4 Å². The number of likely N-dealkylation sites (N-methyl/N-ethyl adjacent to an activating group) is 1. The molecule has 0 atom stereocenters. The van der Waals surface area contributed by atoms with Crippen LogP contribution in [0.5, 0.6) is 5.75 Å². The summed E-state index contributed by atoms with van der Waals surface area (Å²) in [5.74, 6) is 0.636. The summed E-state index contributed by atoms with van der Waals surface area (Å²) in [4.78, 5) is 8.40. The van der Waals surface area contributed by atoms with Crippen molar-refractivity contribution in [2.45, 2.75) is 24.0 Å². The van der Waals surface area contributed by atoms with Crippen molar-refractivity contribution in [3.63, 3.8) is 0 Å². The molecule has 0 spiro atoms. The van der Waals surface area contributed by atoms with Crippen molar-refractivity contribution in [3.05, 3.63) is 84.7 Å². The summed E-state index contributed by atoms with van der Waals surface area (Å²) in [6.07, 6.45) is 3.28. The molecular formula is C26H33N5O3S2. The highest BCUT2D eigenvalue weighted by molar-refractivity contribution is 7.90. The molecule has 0 radical (unpaired) electrons. The lowest BCUT2D eigenvalue weighted by Crippen LogP contribution is -2.39. The molecule has 0 saturated heterocycles. The molecule has 8 nitrogen and oxygen atoms in total. The molecule has 10 heteroatoms. The highest BCUT2D eigenvalue weighted by Gasteiger charge is 2.25. The SMILES string of the molecule is C=CCn1c(CN(CCN(C)C)C(=S)Nc2ccc(OC)cc2)cnc1S(=O)(=O)Cc1ccccc1. The van der Waals surface area contributed by atoms with E-state index in [0.717, 1.165) is 23.7 Å². The van der Waals surface area contributed by atoms with Gasteiger partial charge in [0, 0.05) is 25.3 Å². The summed E-state index contributed by atoms with van der Waals surface area (Å²) in [6.45, 7) is 5.92. The Balaban J connectivity index is 1.86. The predicted molar refractivity (Wildman–Crippen MR) is 148 cm³/mol. The number of anilines is 1. The van der Waals surface area contributed by atoms with E-state index < -0.39 is 9.84 Å². The van der Waals surface area contributed by atoms with Gasteiger partial charge in [0.2, 0.25) is 15.0 Å². The van der Waals surface area contributed by atoms with E-state index in [9.17, 15) is 8.42 Å². The average Bonchev–Trinajstić information content (AvgIpc) is 3.25. The predicted octanol–water partition coefficient (Wildman–Crippen LogP) is 3.81. The van der Waals surface area contributed by atoms with Crippen LogP contribution in [-0.2, 0) is 28.7 Å². The number of sulfone groups is 1. The first-order valence-corrected chi connectivity index (χ1v) is 13.6. The first-order valence-electron chi connectivity index (χ1n) is 11.5. The largest absolute Gasteiger partial charge is 0.497 e. The van der Waals surface area contributed by atoms with E-state index in [2.05, 4.69) is 21.8 Å². The van der Waals surface area contributed by atoms with E-state index in [1.807, 2.05) is 61.5 Å². The standard InChI is InChI=1S/C26H33N5O3S2/c1-5-15-31-23(18-27-26(31)36(32,33)20-21-9-7-6-8-10-21)19-30(17-16-29(2)3)25(35)28-22-11-13-24(34-4)14-12-22/h5-14,18H,1,15-17,19-20H2,2-4H3,(H,28,35). The highest BCUT2D eigenvalue weighted by atomic mass is 32.2. The normalized spacial score (nSPS) is 11.3. The van der Waals surface area contributed by atoms with Crippen LogP contribution in [0.4, 0.5) is 5.69 Å². The lowest BCUT2D eigenvalue weighted by atomic mass is 10.2. The third-order valence-electron chi connectivity index (χ3n) is 5.49. The zero-order chi connectivity index (χ0) is 26.1. The first-order chi connectivity index (χ1) is 17.2. The van der Waals surface area contributed by atoms with Crippen molar-refractivity contribution < 1.29 is 13.2 Å². The van der Waals surface area contributed by atoms with Gasteiger partial charge in [-0.3, -0.25) is 0 Å². The van der Waals surface area contributed by atoms with Gasteiger partial charge in [-0.1, -0.05) is 36.4 Å². The van der Waals surface area contributed by atoms with Crippen LogP contribution >= 0.6 is 12.2 Å². The highest BCUT2D eigenvalue weighted by Crippen LogP contribution is 2.20. The van der Waals surface area contributed by atoms with Gasteiger partial charge in [-0.25, -0.2) is 13.4 Å². The van der Waals surface area contributed by atoms with Crippen LogP contribution in [0.15, 0.2) is 78.6 Å². The van der Waals surface area contributed by atoms with Crippen LogP contribution in [0.25, 0.3) is 0 Å². The number of rotatable bonds is 12. The van der Waals surface area contributed by atoms with Gasteiger partial charge in [0.25, 0.3) is 0 Å². The fourth-order valence-corrected chi connectivity index (χ4v) is 5.37. The molecule has 2 aromatic carbocycles. The minimum Gasteiger partial charge on any atom is -0.497 e. The molecular weight excluding hydrogens is 494 g/mol. The monoisotopic (exact) mass is 527 g/mol. The molecule has 1 aromatic heterocycles. The summed E-state index contributed by atoms with van der Waals surface area (Å²) in [6, 6.07) is 16.6. The molecule has 0 aliphatic heterocycles. The van der Waals surface area contributed by atoms with Gasteiger partial charge >= 0.3 is 0 Å². The number of hydrogen-bond acceptors (Lipinski definition) is 6. The second kappa shape index (κ2) is 12.7. The van der Waals surface area contributed by atoms with Gasteiger partial charge in [0.05, 0.1) is 31.3 Å². The minimum absolute atomic E-state index is 0.0304. The van der Waals surface area contributed by atoms with Crippen molar-refractivity contribution in [1.82, 2.24) is 19.4 Å². The first kappa shape index (κ1) is 27.4. The van der Waals surface area contributed by atoms with E-state index in [1.54, 1.807) is 36.1 Å². The maximum atomic E-state index is 13.3. The Bertz CT molecular complexity index is 1260. The summed E-state index contributed by atoms with van der Waals surface area (Å²) in [7, 11) is 1.95. The van der Waals surface area contributed by atoms with Crippen molar-refractivity contribution >= 4 is 32.9 Å². The Hall–Kier alpha value is -3.21. The molecule has 1 heterocycles. The smallest absolute Gasteiger partial charge is 0.228 e. The van der Waals surface area contributed by atoms with E-state index in [-0.39, 0.29) is 10.9 Å². The number of hydrogen-bond donors (Lipinski definition) is 1. The number of benzene rings is 2. The van der Waals surface area contributed by atoms with Crippen LogP contribution in [0, 0.1) is 0 Å². The van der Waals surface area contributed by atoms with E-state index in [1.165, 1.54) is 0 Å². The number of aromatic nitrogens is 2. The lowest BCUT2D eigenvalue weighted by molar-refractivity contribution is 0.323. The van der Waals surface area contributed by atoms with E-state index in [4.69, 9.17) is 17.0 Å². The third kappa shape index (κ3) is 7.39. The van der Waals surface area contributed by atoms with Crippen LogP contribution < -0.4 is 10.1 Å². The van der Waals surface area contributed by atoms with Gasteiger partial charge in [-0.15, -0.1) is 6.58 Å². The fourth-order valence-electron chi connectivity index (χ4n) is 3.59. The average molecular weight is 528 g/mol. The number of nitrogens with one attached hydrogen (secondary N) is 1. The molecule has 3 rings (SSSR count). The molecule has 0 fully saturated rings. The van der Waals surface area contributed by atoms with Crippen LogP contribution in [0.1, 0.15) is 11.3 Å². The zero-order valence-corrected chi connectivity index (χ0v) is 22.6. The molecule has 0 aliphatic rings. The molecule has 192 valence electrons. The van der Waals surface area contributed by atoms with Gasteiger partial charge in [-0.2, -0.15) is 0 Å². The molecule has 0 aliphatic carbocycles. The van der Waals surface area contributed by atoms with Crippen LogP contribution in [-0.4, -0.2) is 67.2 Å². The summed E-state index contributed by atoms with van der Waals surface area (Å²) in [5.41, 5.74) is 2.28. The van der Waals surface area contributed by atoms with Crippen molar-refractivity contribution in [2.75, 3.05) is 39.6 Å². The Morgan fingerprint density at radius 3 is 2.44 bits per heavy atom. The summed E-state index contributed by atoms with van der Waals surface area (Å²) >= 11 is 5.74. The number of thiocarbonyl (C=S) groups is 1. The van der Waals surface area contributed by atoms with Crippen molar-refractivity contribution in [1.29, 1.82) is 0 Å². The number of ether oxygens (including phenoxy) is 1. The quantitative estimate of drug-likeness (QED) is 0.281. The molecule has 3 aromatic rings. The second-order valence-electron chi connectivity index (χ2n) is 8.56. The Morgan fingerprint density at radius 2 is 1.83 bits per heavy atom. The summed E-state index contributed by atoms with van der Waals surface area (Å²) in [5, 5.41) is 3.83. The lowest BCUT2D eigenvalue weighted by Gasteiger charge is -2.27. The Labute approximate surface area is 219 Å². The summed E-state index contributed by atoms with van der Waals surface area (Å²) < 4.78 is 33.4. The minimum atomic E-state index is -3.67. The van der Waals surface area contributed by atoms with E-state index >= 15 is 0 Å². The fraction of sp³-hybridized carbons (Fsp3) is 0.308. The van der Waals surface area contributed by atoms with Crippen LogP contribution in [0.3, 0.4) is 0 Å². The van der Waals surface area contributed by atoms with E-state index in [0.29, 0.717) is 30.3 Å². The molecule has 0 saturated carbocycles.